The van der Waals surface area contributed by atoms with Crippen molar-refractivity contribution in [2.45, 2.75) is 6.04 Å². The highest BCUT2D eigenvalue weighted by molar-refractivity contribution is 6.32. The van der Waals surface area contributed by atoms with E-state index in [0.717, 1.165) is 11.3 Å². The van der Waals surface area contributed by atoms with Gasteiger partial charge in [-0.15, -0.1) is 0 Å². The fraction of sp³-hybridized carbons (Fsp3) is 0.214. The molecule has 1 aromatic heterocycles. The Labute approximate surface area is 122 Å². The van der Waals surface area contributed by atoms with Crippen LogP contribution in [0.3, 0.4) is 0 Å². The van der Waals surface area contributed by atoms with Gasteiger partial charge in [0.15, 0.2) is 0 Å². The molecule has 1 unspecified atom stereocenters. The Kier molecular flexibility index (Phi) is 4.64. The Morgan fingerprint density at radius 3 is 2.63 bits per heavy atom. The molecule has 0 radical (unpaired) electrons. The molecule has 1 N–H and O–H groups in total. The van der Waals surface area contributed by atoms with E-state index in [1.165, 1.54) is 0 Å². The molecule has 0 aliphatic heterocycles. The lowest BCUT2D eigenvalue weighted by atomic mass is 10.0. The lowest BCUT2D eigenvalue weighted by Crippen LogP contribution is -2.19. The number of hydrogen-bond donors (Lipinski definition) is 1. The number of halogens is 2. The fourth-order valence-electron chi connectivity index (χ4n) is 1.93. The summed E-state index contributed by atoms with van der Waals surface area (Å²) in [6.45, 7) is 0. The number of methoxy groups -OCH3 is 1. The van der Waals surface area contributed by atoms with Gasteiger partial charge in [0, 0.05) is 6.20 Å². The van der Waals surface area contributed by atoms with E-state index in [9.17, 15) is 0 Å². The summed E-state index contributed by atoms with van der Waals surface area (Å²) in [5.74, 6) is 0.631. The summed E-state index contributed by atoms with van der Waals surface area (Å²) in [5, 5.41) is 4.40. The number of benzene rings is 1. The van der Waals surface area contributed by atoms with Gasteiger partial charge in [0.25, 0.3) is 0 Å². The second kappa shape index (κ2) is 6.24. The van der Waals surface area contributed by atoms with Crippen molar-refractivity contribution in [1.29, 1.82) is 0 Å². The normalized spacial score (nSPS) is 12.2. The highest BCUT2D eigenvalue weighted by Crippen LogP contribution is 2.31. The maximum Gasteiger partial charge on any atom is 0.137 e. The Balaban J connectivity index is 2.45. The van der Waals surface area contributed by atoms with Crippen molar-refractivity contribution < 1.29 is 4.74 Å². The molecule has 100 valence electrons. The lowest BCUT2D eigenvalue weighted by molar-refractivity contribution is 0.414. The van der Waals surface area contributed by atoms with Crippen LogP contribution >= 0.6 is 23.2 Å². The second-order valence-electron chi connectivity index (χ2n) is 3.99. The van der Waals surface area contributed by atoms with Crippen molar-refractivity contribution in [3.63, 3.8) is 0 Å². The number of nitrogens with zero attached hydrogens (tertiary/aromatic N) is 1. The molecule has 2 aromatic rings. The molecule has 1 atom stereocenters. The van der Waals surface area contributed by atoms with Crippen molar-refractivity contribution >= 4 is 23.2 Å². The molecule has 0 amide bonds. The molecule has 0 saturated heterocycles. The number of nitrogens with one attached hydrogen (secondary N) is 1. The van der Waals surface area contributed by atoms with Crippen LogP contribution in [0.15, 0.2) is 36.5 Å². The topological polar surface area (TPSA) is 34.1 Å². The van der Waals surface area contributed by atoms with Crippen LogP contribution in [0, 0.1) is 0 Å². The van der Waals surface area contributed by atoms with Gasteiger partial charge in [0.1, 0.15) is 5.75 Å². The summed E-state index contributed by atoms with van der Waals surface area (Å²) >= 11 is 12.2. The average Bonchev–Trinajstić information content (AvgIpc) is 2.43. The first-order valence-electron chi connectivity index (χ1n) is 5.78. The monoisotopic (exact) mass is 296 g/mol. The first kappa shape index (κ1) is 14.1. The van der Waals surface area contributed by atoms with Gasteiger partial charge in [-0.25, -0.2) is 0 Å². The standard InChI is InChI=1S/C14H14Cl2N2O/c1-17-13(14-11(16)4-3-7-18-14)9-5-6-10(15)12(8-9)19-2/h3-8,13,17H,1-2H3. The molecular formula is C14H14Cl2N2O. The number of rotatable bonds is 4. The van der Waals surface area contributed by atoms with Gasteiger partial charge in [-0.05, 0) is 36.9 Å². The van der Waals surface area contributed by atoms with Crippen LogP contribution in [-0.2, 0) is 0 Å². The van der Waals surface area contributed by atoms with E-state index in [1.54, 1.807) is 25.4 Å². The molecule has 0 bridgehead atoms. The van der Waals surface area contributed by atoms with Gasteiger partial charge in [-0.3, -0.25) is 4.98 Å². The van der Waals surface area contributed by atoms with Crippen LogP contribution in [0.2, 0.25) is 10.0 Å². The molecule has 0 aliphatic rings. The predicted octanol–water partition coefficient (Wildman–Crippen LogP) is 3.71. The van der Waals surface area contributed by atoms with Crippen LogP contribution < -0.4 is 10.1 Å². The summed E-state index contributed by atoms with van der Waals surface area (Å²) < 4.78 is 5.23. The average molecular weight is 297 g/mol. The van der Waals surface area contributed by atoms with E-state index in [0.29, 0.717) is 15.8 Å². The third-order valence-electron chi connectivity index (χ3n) is 2.86. The number of aromatic nitrogens is 1. The Bertz CT molecular complexity index is 575. The minimum atomic E-state index is -0.111. The highest BCUT2D eigenvalue weighted by atomic mass is 35.5. The summed E-state index contributed by atoms with van der Waals surface area (Å²) in [6.07, 6.45) is 1.72. The molecule has 3 nitrogen and oxygen atoms in total. The Morgan fingerprint density at radius 1 is 1.21 bits per heavy atom. The van der Waals surface area contributed by atoms with E-state index in [2.05, 4.69) is 10.3 Å². The molecule has 0 aliphatic carbocycles. The molecule has 2 rings (SSSR count). The van der Waals surface area contributed by atoms with Gasteiger partial charge in [0.2, 0.25) is 0 Å². The molecule has 19 heavy (non-hydrogen) atoms. The lowest BCUT2D eigenvalue weighted by Gasteiger charge is -2.18. The maximum atomic E-state index is 6.19. The molecule has 1 aromatic carbocycles. The second-order valence-corrected chi connectivity index (χ2v) is 4.80. The van der Waals surface area contributed by atoms with Crippen LogP contribution in [-0.4, -0.2) is 19.1 Å². The van der Waals surface area contributed by atoms with Crippen LogP contribution in [0.5, 0.6) is 5.75 Å². The van der Waals surface area contributed by atoms with Crippen LogP contribution in [0.1, 0.15) is 17.3 Å². The van der Waals surface area contributed by atoms with Crippen LogP contribution in [0.25, 0.3) is 0 Å². The third kappa shape index (κ3) is 3.00. The largest absolute Gasteiger partial charge is 0.495 e. The number of hydrogen-bond acceptors (Lipinski definition) is 3. The van der Waals surface area contributed by atoms with E-state index in [4.69, 9.17) is 27.9 Å². The molecule has 0 fully saturated rings. The third-order valence-corrected chi connectivity index (χ3v) is 3.49. The van der Waals surface area contributed by atoms with E-state index < -0.39 is 0 Å². The van der Waals surface area contributed by atoms with E-state index in [1.807, 2.05) is 25.2 Å². The number of ether oxygens (including phenoxy) is 1. The predicted molar refractivity (Wildman–Crippen MR) is 78.2 cm³/mol. The minimum absolute atomic E-state index is 0.111. The summed E-state index contributed by atoms with van der Waals surface area (Å²) in [6, 6.07) is 9.13. The smallest absolute Gasteiger partial charge is 0.137 e. The van der Waals surface area contributed by atoms with Crippen LogP contribution in [0.4, 0.5) is 0 Å². The number of pyridine rings is 1. The zero-order valence-corrected chi connectivity index (χ0v) is 12.2. The summed E-state index contributed by atoms with van der Waals surface area (Å²) in [7, 11) is 3.45. The summed E-state index contributed by atoms with van der Waals surface area (Å²) in [4.78, 5) is 4.34. The van der Waals surface area contributed by atoms with Gasteiger partial charge < -0.3 is 10.1 Å². The highest BCUT2D eigenvalue weighted by Gasteiger charge is 2.17. The van der Waals surface area contributed by atoms with Crippen molar-refractivity contribution in [3.05, 3.63) is 57.8 Å². The molecule has 1 heterocycles. The van der Waals surface area contributed by atoms with E-state index in [-0.39, 0.29) is 6.04 Å². The SMILES string of the molecule is CNC(c1ccc(Cl)c(OC)c1)c1ncccc1Cl. The molecule has 0 spiro atoms. The summed E-state index contributed by atoms with van der Waals surface area (Å²) in [5.41, 5.74) is 1.76. The van der Waals surface area contributed by atoms with Crippen molar-refractivity contribution in [2.75, 3.05) is 14.2 Å². The van der Waals surface area contributed by atoms with E-state index >= 15 is 0 Å². The van der Waals surface area contributed by atoms with Crippen molar-refractivity contribution in [1.82, 2.24) is 10.3 Å². The minimum Gasteiger partial charge on any atom is -0.495 e. The maximum absolute atomic E-state index is 6.19. The fourth-order valence-corrected chi connectivity index (χ4v) is 2.35. The van der Waals surface area contributed by atoms with Crippen molar-refractivity contribution in [2.24, 2.45) is 0 Å². The van der Waals surface area contributed by atoms with Gasteiger partial charge in [-0.1, -0.05) is 29.3 Å². The van der Waals surface area contributed by atoms with Crippen molar-refractivity contribution in [3.8, 4) is 5.75 Å². The Hall–Kier alpha value is -1.29. The first-order valence-corrected chi connectivity index (χ1v) is 6.54. The van der Waals surface area contributed by atoms with Gasteiger partial charge in [0.05, 0.1) is 28.9 Å². The first-order chi connectivity index (χ1) is 9.17. The quantitative estimate of drug-likeness (QED) is 0.934. The molecule has 0 saturated carbocycles. The zero-order chi connectivity index (χ0) is 13.8. The van der Waals surface area contributed by atoms with Gasteiger partial charge >= 0.3 is 0 Å². The zero-order valence-electron chi connectivity index (χ0n) is 10.7. The van der Waals surface area contributed by atoms with Gasteiger partial charge in [-0.2, -0.15) is 0 Å². The molecular weight excluding hydrogens is 283 g/mol. The Morgan fingerprint density at radius 2 is 2.00 bits per heavy atom. The molecule has 5 heteroatoms.